The summed E-state index contributed by atoms with van der Waals surface area (Å²) in [6, 6.07) is 8.02. The predicted molar refractivity (Wildman–Crippen MR) is 80.8 cm³/mol. The van der Waals surface area contributed by atoms with Gasteiger partial charge in [0.1, 0.15) is 0 Å². The van der Waals surface area contributed by atoms with Crippen molar-refractivity contribution in [3.8, 4) is 0 Å². The largest absolute Gasteiger partial charge is 0.393 e. The highest BCUT2D eigenvalue weighted by atomic mass is 32.2. The molecule has 2 aliphatic heterocycles. The van der Waals surface area contributed by atoms with Crippen LogP contribution in [-0.4, -0.2) is 47.9 Å². The molecule has 2 aliphatic rings. The van der Waals surface area contributed by atoms with Crippen LogP contribution < -0.4 is 0 Å². The molecule has 6 heteroatoms. The highest BCUT2D eigenvalue weighted by Gasteiger charge is 2.37. The van der Waals surface area contributed by atoms with E-state index >= 15 is 0 Å². The van der Waals surface area contributed by atoms with E-state index in [-0.39, 0.29) is 5.92 Å². The number of benzene rings is 1. The molecular formula is C15H22N2O3S. The van der Waals surface area contributed by atoms with Crippen molar-refractivity contribution in [2.45, 2.75) is 32.4 Å². The topological polar surface area (TPSA) is 60.9 Å². The third kappa shape index (κ3) is 2.85. The summed E-state index contributed by atoms with van der Waals surface area (Å²) < 4.78 is 28.6. The second kappa shape index (κ2) is 5.68. The first-order valence-electron chi connectivity index (χ1n) is 7.48. The predicted octanol–water partition coefficient (Wildman–Crippen LogP) is 0.992. The van der Waals surface area contributed by atoms with E-state index in [2.05, 4.69) is 6.07 Å². The first-order chi connectivity index (χ1) is 9.98. The van der Waals surface area contributed by atoms with Crippen LogP contribution in [0.2, 0.25) is 0 Å². The highest BCUT2D eigenvalue weighted by Crippen LogP contribution is 2.27. The Morgan fingerprint density at radius 3 is 2.57 bits per heavy atom. The van der Waals surface area contributed by atoms with Gasteiger partial charge in [-0.05, 0) is 36.8 Å². The number of hydrogen-bond donors (Lipinski definition) is 1. The zero-order chi connectivity index (χ0) is 15.0. The maximum absolute atomic E-state index is 12.7. The molecule has 0 radical (unpaired) electrons. The molecule has 0 bridgehead atoms. The third-order valence-corrected chi connectivity index (χ3v) is 6.57. The summed E-state index contributed by atoms with van der Waals surface area (Å²) in [5.41, 5.74) is 2.34. The van der Waals surface area contributed by atoms with Gasteiger partial charge in [-0.3, -0.25) is 0 Å². The van der Waals surface area contributed by atoms with Gasteiger partial charge in [0, 0.05) is 26.2 Å². The lowest BCUT2D eigenvalue weighted by atomic mass is 10.0. The lowest BCUT2D eigenvalue weighted by molar-refractivity contribution is 0.132. The van der Waals surface area contributed by atoms with Crippen LogP contribution in [0, 0.1) is 5.92 Å². The summed E-state index contributed by atoms with van der Waals surface area (Å²) in [7, 11) is -3.42. The van der Waals surface area contributed by atoms with Crippen molar-refractivity contribution in [2.24, 2.45) is 5.92 Å². The van der Waals surface area contributed by atoms with Crippen LogP contribution in [0.4, 0.5) is 0 Å². The number of rotatable bonds is 3. The minimum absolute atomic E-state index is 0.0526. The van der Waals surface area contributed by atoms with Crippen LogP contribution in [-0.2, 0) is 23.2 Å². The van der Waals surface area contributed by atoms with Crippen molar-refractivity contribution in [3.05, 3.63) is 35.4 Å². The van der Waals surface area contributed by atoms with Gasteiger partial charge in [-0.25, -0.2) is 0 Å². The Labute approximate surface area is 126 Å². The minimum atomic E-state index is -3.42. The molecule has 2 atom stereocenters. The quantitative estimate of drug-likeness (QED) is 0.906. The van der Waals surface area contributed by atoms with Crippen LogP contribution >= 0.6 is 0 Å². The van der Waals surface area contributed by atoms with Crippen LogP contribution in [0.15, 0.2) is 24.3 Å². The molecule has 2 heterocycles. The average molecular weight is 310 g/mol. The monoisotopic (exact) mass is 310 g/mol. The zero-order valence-corrected chi connectivity index (χ0v) is 13.1. The molecule has 1 fully saturated rings. The molecule has 0 spiro atoms. The molecule has 0 aromatic heterocycles. The summed E-state index contributed by atoms with van der Waals surface area (Å²) in [6.45, 7) is 3.66. The molecule has 5 nitrogen and oxygen atoms in total. The van der Waals surface area contributed by atoms with Crippen molar-refractivity contribution in [3.63, 3.8) is 0 Å². The SMILES string of the molecule is CC(O)C1CCN(S(=O)(=O)N2CCc3ccccc3C2)C1. The fourth-order valence-corrected chi connectivity index (χ4v) is 4.85. The Balaban J connectivity index is 1.75. The van der Waals surface area contributed by atoms with Crippen LogP contribution in [0.1, 0.15) is 24.5 Å². The summed E-state index contributed by atoms with van der Waals surface area (Å²) >= 11 is 0. The fraction of sp³-hybridized carbons (Fsp3) is 0.600. The van der Waals surface area contributed by atoms with Crippen LogP contribution in [0.3, 0.4) is 0 Å². The van der Waals surface area contributed by atoms with Crippen molar-refractivity contribution >= 4 is 10.2 Å². The molecule has 1 saturated heterocycles. The maximum Gasteiger partial charge on any atom is 0.282 e. The summed E-state index contributed by atoms with van der Waals surface area (Å²) in [5, 5.41) is 9.64. The molecule has 116 valence electrons. The van der Waals surface area contributed by atoms with E-state index in [1.807, 2.05) is 18.2 Å². The smallest absolute Gasteiger partial charge is 0.282 e. The Bertz CT molecular complexity index is 615. The van der Waals surface area contributed by atoms with E-state index in [9.17, 15) is 13.5 Å². The Morgan fingerprint density at radius 1 is 1.19 bits per heavy atom. The fourth-order valence-electron chi connectivity index (χ4n) is 3.19. The van der Waals surface area contributed by atoms with Gasteiger partial charge in [0.15, 0.2) is 0 Å². The first kappa shape index (κ1) is 15.0. The third-order valence-electron chi connectivity index (χ3n) is 4.62. The molecule has 0 saturated carbocycles. The second-order valence-corrected chi connectivity index (χ2v) is 7.94. The van der Waals surface area contributed by atoms with E-state index in [4.69, 9.17) is 0 Å². The van der Waals surface area contributed by atoms with Gasteiger partial charge < -0.3 is 5.11 Å². The molecular weight excluding hydrogens is 288 g/mol. The van der Waals surface area contributed by atoms with Gasteiger partial charge in [-0.15, -0.1) is 0 Å². The molecule has 0 aliphatic carbocycles. The molecule has 1 aromatic carbocycles. The Morgan fingerprint density at radius 2 is 1.90 bits per heavy atom. The number of nitrogens with zero attached hydrogens (tertiary/aromatic N) is 2. The van der Waals surface area contributed by atoms with Gasteiger partial charge in [0.2, 0.25) is 0 Å². The minimum Gasteiger partial charge on any atom is -0.393 e. The van der Waals surface area contributed by atoms with E-state index in [0.29, 0.717) is 26.2 Å². The van der Waals surface area contributed by atoms with E-state index < -0.39 is 16.3 Å². The number of hydrogen-bond acceptors (Lipinski definition) is 3. The molecule has 0 amide bonds. The lowest BCUT2D eigenvalue weighted by Gasteiger charge is -2.31. The second-order valence-electron chi connectivity index (χ2n) is 6.01. The number of aliphatic hydroxyl groups is 1. The van der Waals surface area contributed by atoms with Gasteiger partial charge in [-0.1, -0.05) is 24.3 Å². The zero-order valence-electron chi connectivity index (χ0n) is 12.3. The Hall–Kier alpha value is -0.950. The van der Waals surface area contributed by atoms with E-state index in [1.54, 1.807) is 11.2 Å². The van der Waals surface area contributed by atoms with Crippen molar-refractivity contribution in [1.29, 1.82) is 0 Å². The average Bonchev–Trinajstić information content (AvgIpc) is 2.97. The Kier molecular flexibility index (Phi) is 4.05. The summed E-state index contributed by atoms with van der Waals surface area (Å²) in [5.74, 6) is 0.0526. The highest BCUT2D eigenvalue weighted by molar-refractivity contribution is 7.86. The lowest BCUT2D eigenvalue weighted by Crippen LogP contribution is -2.45. The maximum atomic E-state index is 12.7. The van der Waals surface area contributed by atoms with Crippen LogP contribution in [0.5, 0.6) is 0 Å². The number of fused-ring (bicyclic) bond motifs is 1. The summed E-state index contributed by atoms with van der Waals surface area (Å²) in [6.07, 6.45) is 1.05. The van der Waals surface area contributed by atoms with Gasteiger partial charge in [0.25, 0.3) is 10.2 Å². The van der Waals surface area contributed by atoms with Crippen molar-refractivity contribution in [2.75, 3.05) is 19.6 Å². The van der Waals surface area contributed by atoms with E-state index in [0.717, 1.165) is 18.4 Å². The molecule has 2 unspecified atom stereocenters. The van der Waals surface area contributed by atoms with E-state index in [1.165, 1.54) is 9.87 Å². The van der Waals surface area contributed by atoms with Crippen molar-refractivity contribution in [1.82, 2.24) is 8.61 Å². The molecule has 1 aromatic rings. The van der Waals surface area contributed by atoms with Crippen molar-refractivity contribution < 1.29 is 13.5 Å². The number of aliphatic hydroxyl groups excluding tert-OH is 1. The van der Waals surface area contributed by atoms with Gasteiger partial charge in [0.05, 0.1) is 6.10 Å². The molecule has 3 rings (SSSR count). The first-order valence-corrected chi connectivity index (χ1v) is 8.88. The molecule has 21 heavy (non-hydrogen) atoms. The summed E-state index contributed by atoms with van der Waals surface area (Å²) in [4.78, 5) is 0. The normalized spacial score (nSPS) is 25.7. The standard InChI is InChI=1S/C15H22N2O3S/c1-12(18)14-7-9-16(10-14)21(19,20)17-8-6-13-4-2-3-5-15(13)11-17/h2-5,12,14,18H,6-11H2,1H3. The molecule has 1 N–H and O–H groups in total. The van der Waals surface area contributed by atoms with Gasteiger partial charge in [-0.2, -0.15) is 17.0 Å². The van der Waals surface area contributed by atoms with Gasteiger partial charge >= 0.3 is 0 Å². The van der Waals surface area contributed by atoms with Crippen LogP contribution in [0.25, 0.3) is 0 Å².